The number of fused-ring (bicyclic) bond motifs is 5. The molecule has 0 aromatic carbocycles. The molecule has 3 nitrogen and oxygen atoms in total. The van der Waals surface area contributed by atoms with Crippen molar-refractivity contribution in [2.75, 3.05) is 13.2 Å². The van der Waals surface area contributed by atoms with E-state index >= 15 is 0 Å². The molecule has 190 valence electrons. The predicted octanol–water partition coefficient (Wildman–Crippen LogP) is 7.69. The van der Waals surface area contributed by atoms with E-state index in [0.29, 0.717) is 23.5 Å². The molecule has 4 rings (SSSR count). The molecule has 0 saturated heterocycles. The Labute approximate surface area is 204 Å². The molecule has 3 heteroatoms. The molecular formula is C30H53NO2. The Kier molecular flexibility index (Phi) is 8.34. The zero-order valence-corrected chi connectivity index (χ0v) is 22.4. The summed E-state index contributed by atoms with van der Waals surface area (Å²) in [5.74, 6) is 10.6. The minimum absolute atomic E-state index is 0.398. The van der Waals surface area contributed by atoms with Crippen LogP contribution in [-0.4, -0.2) is 19.3 Å². The average molecular weight is 460 g/mol. The van der Waals surface area contributed by atoms with E-state index in [9.17, 15) is 0 Å². The van der Waals surface area contributed by atoms with Gasteiger partial charge in [-0.25, -0.2) is 5.90 Å². The summed E-state index contributed by atoms with van der Waals surface area (Å²) in [5.41, 5.74) is 2.74. The first-order valence-corrected chi connectivity index (χ1v) is 14.4. The first-order valence-electron chi connectivity index (χ1n) is 14.4. The normalized spacial score (nSPS) is 41.3. The van der Waals surface area contributed by atoms with Gasteiger partial charge in [0.15, 0.2) is 0 Å². The van der Waals surface area contributed by atoms with Crippen molar-refractivity contribution in [1.82, 2.24) is 0 Å². The molecule has 8 atom stereocenters. The number of allylic oxidation sites excluding steroid dienone is 1. The fraction of sp³-hybridized carbons (Fsp3) is 0.933. The highest BCUT2D eigenvalue weighted by Crippen LogP contribution is 2.67. The predicted molar refractivity (Wildman–Crippen MR) is 138 cm³/mol. The molecule has 33 heavy (non-hydrogen) atoms. The highest BCUT2D eigenvalue weighted by molar-refractivity contribution is 5.25. The van der Waals surface area contributed by atoms with Gasteiger partial charge in [0.25, 0.3) is 0 Å². The largest absolute Gasteiger partial charge is 0.378 e. The molecule has 0 heterocycles. The van der Waals surface area contributed by atoms with Gasteiger partial charge < -0.3 is 9.57 Å². The zero-order chi connectivity index (χ0) is 23.6. The van der Waals surface area contributed by atoms with Gasteiger partial charge in [0.05, 0.1) is 12.7 Å². The van der Waals surface area contributed by atoms with Gasteiger partial charge in [-0.15, -0.1) is 0 Å². The van der Waals surface area contributed by atoms with Gasteiger partial charge in [0.2, 0.25) is 0 Å². The lowest BCUT2D eigenvalue weighted by Gasteiger charge is -2.58. The van der Waals surface area contributed by atoms with Crippen molar-refractivity contribution in [3.05, 3.63) is 11.6 Å². The molecule has 4 aliphatic carbocycles. The van der Waals surface area contributed by atoms with E-state index in [4.69, 9.17) is 15.5 Å². The second-order valence-electron chi connectivity index (χ2n) is 13.2. The molecule has 0 aliphatic heterocycles. The number of hydrogen-bond donors (Lipinski definition) is 1. The molecule has 0 spiro atoms. The molecule has 3 fully saturated rings. The smallest absolute Gasteiger partial charge is 0.0701 e. The summed E-state index contributed by atoms with van der Waals surface area (Å²) in [7, 11) is 0. The van der Waals surface area contributed by atoms with Crippen LogP contribution in [0.4, 0.5) is 0 Å². The van der Waals surface area contributed by atoms with Crippen LogP contribution in [0.5, 0.6) is 0 Å². The maximum Gasteiger partial charge on any atom is 0.0701 e. The quantitative estimate of drug-likeness (QED) is 0.207. The molecule has 0 radical (unpaired) electrons. The van der Waals surface area contributed by atoms with Crippen LogP contribution in [0.1, 0.15) is 112 Å². The average Bonchev–Trinajstić information content (AvgIpc) is 3.14. The van der Waals surface area contributed by atoms with E-state index in [2.05, 4.69) is 40.7 Å². The lowest BCUT2D eigenvalue weighted by molar-refractivity contribution is -0.0649. The maximum absolute atomic E-state index is 6.21. The van der Waals surface area contributed by atoms with Crippen molar-refractivity contribution < 1.29 is 9.57 Å². The first-order chi connectivity index (χ1) is 15.8. The Morgan fingerprint density at radius 3 is 2.55 bits per heavy atom. The molecule has 3 saturated carbocycles. The highest BCUT2D eigenvalue weighted by atomic mass is 16.6. The maximum atomic E-state index is 6.21. The summed E-state index contributed by atoms with van der Waals surface area (Å²) < 4.78 is 6.21. The Morgan fingerprint density at radius 2 is 1.79 bits per heavy atom. The molecule has 0 aromatic rings. The van der Waals surface area contributed by atoms with Gasteiger partial charge in [0.1, 0.15) is 0 Å². The van der Waals surface area contributed by atoms with Crippen LogP contribution in [-0.2, 0) is 9.57 Å². The fourth-order valence-electron chi connectivity index (χ4n) is 9.19. The van der Waals surface area contributed by atoms with Crippen molar-refractivity contribution >= 4 is 0 Å². The third-order valence-electron chi connectivity index (χ3n) is 11.0. The topological polar surface area (TPSA) is 44.5 Å². The monoisotopic (exact) mass is 459 g/mol. The van der Waals surface area contributed by atoms with E-state index < -0.39 is 0 Å². The first kappa shape index (κ1) is 25.7. The minimum atomic E-state index is 0.398. The number of ether oxygens (including phenoxy) is 1. The second kappa shape index (κ2) is 10.7. The van der Waals surface area contributed by atoms with Gasteiger partial charge >= 0.3 is 0 Å². The van der Waals surface area contributed by atoms with Gasteiger partial charge in [0, 0.05) is 6.61 Å². The van der Waals surface area contributed by atoms with Crippen molar-refractivity contribution in [2.45, 2.75) is 118 Å². The number of hydrogen-bond acceptors (Lipinski definition) is 3. The Bertz CT molecular complexity index is 674. The Balaban J connectivity index is 1.40. The van der Waals surface area contributed by atoms with E-state index in [1.165, 1.54) is 64.2 Å². The third kappa shape index (κ3) is 5.12. The van der Waals surface area contributed by atoms with Crippen LogP contribution in [0.25, 0.3) is 0 Å². The number of nitrogens with two attached hydrogens (primary N) is 1. The molecule has 4 aliphatic rings. The summed E-state index contributed by atoms with van der Waals surface area (Å²) >= 11 is 0. The molecule has 1 unspecified atom stereocenters. The van der Waals surface area contributed by atoms with Crippen LogP contribution in [0.3, 0.4) is 0 Å². The van der Waals surface area contributed by atoms with Crippen LogP contribution in [0.15, 0.2) is 11.6 Å². The molecule has 0 bridgehead atoms. The van der Waals surface area contributed by atoms with Gasteiger partial charge in [-0.1, -0.05) is 65.5 Å². The van der Waals surface area contributed by atoms with E-state index in [0.717, 1.165) is 55.0 Å². The van der Waals surface area contributed by atoms with Crippen molar-refractivity contribution in [2.24, 2.45) is 52.2 Å². The minimum Gasteiger partial charge on any atom is -0.378 e. The van der Waals surface area contributed by atoms with E-state index in [1.54, 1.807) is 5.57 Å². The number of rotatable bonds is 10. The van der Waals surface area contributed by atoms with E-state index in [1.807, 2.05) is 0 Å². The third-order valence-corrected chi connectivity index (χ3v) is 11.0. The summed E-state index contributed by atoms with van der Waals surface area (Å²) in [6.07, 6.45) is 19.2. The Morgan fingerprint density at radius 1 is 0.970 bits per heavy atom. The standard InChI is InChI=1S/C30H53NO2/c1-21(2)8-6-9-22(3)26-12-13-27-25-11-10-23-20-24(32-18-7-19-33-31)14-16-29(23,4)28(25)15-17-30(26,27)5/h10,21-22,24-28H,6-9,11-20,31H2,1-5H3/t22-,24?,25+,26-,27+,28+,29+,30-/m1/s1. The van der Waals surface area contributed by atoms with Gasteiger partial charge in [-0.3, -0.25) is 0 Å². The molecule has 2 N–H and O–H groups in total. The molecular weight excluding hydrogens is 406 g/mol. The van der Waals surface area contributed by atoms with Crippen molar-refractivity contribution in [3.8, 4) is 0 Å². The van der Waals surface area contributed by atoms with E-state index in [-0.39, 0.29) is 0 Å². The summed E-state index contributed by atoms with van der Waals surface area (Å²) in [6, 6.07) is 0. The lowest BCUT2D eigenvalue weighted by atomic mass is 9.47. The van der Waals surface area contributed by atoms with Gasteiger partial charge in [-0.05, 0) is 104 Å². The van der Waals surface area contributed by atoms with Crippen LogP contribution in [0.2, 0.25) is 0 Å². The Hall–Kier alpha value is -0.380. The molecule has 0 aromatic heterocycles. The van der Waals surface area contributed by atoms with Crippen LogP contribution < -0.4 is 5.90 Å². The summed E-state index contributed by atoms with van der Waals surface area (Å²) in [5, 5.41) is 0. The van der Waals surface area contributed by atoms with Crippen molar-refractivity contribution in [3.63, 3.8) is 0 Å². The van der Waals surface area contributed by atoms with Gasteiger partial charge in [-0.2, -0.15) is 0 Å². The molecule has 0 amide bonds. The van der Waals surface area contributed by atoms with Crippen LogP contribution in [0, 0.1) is 46.3 Å². The van der Waals surface area contributed by atoms with Crippen LogP contribution >= 0.6 is 0 Å². The zero-order valence-electron chi connectivity index (χ0n) is 22.4. The second-order valence-corrected chi connectivity index (χ2v) is 13.2. The summed E-state index contributed by atoms with van der Waals surface area (Å²) in [4.78, 5) is 4.69. The SMILES string of the molecule is CC(C)CCC[C@@H](C)[C@H]1CC[C@H]2[C@@H]3CC=C4CC(OCCCON)CC[C@]4(C)[C@H]3CC[C@]12C. The fourth-order valence-corrected chi connectivity index (χ4v) is 9.19. The highest BCUT2D eigenvalue weighted by Gasteiger charge is 2.59. The summed E-state index contributed by atoms with van der Waals surface area (Å²) in [6.45, 7) is 14.0. The lowest BCUT2D eigenvalue weighted by Crippen LogP contribution is -2.51. The van der Waals surface area contributed by atoms with Crippen molar-refractivity contribution in [1.29, 1.82) is 0 Å².